The van der Waals surface area contributed by atoms with Crippen molar-refractivity contribution in [1.29, 1.82) is 0 Å². The van der Waals surface area contributed by atoms with Crippen molar-refractivity contribution >= 4 is 0 Å². The summed E-state index contributed by atoms with van der Waals surface area (Å²) in [6, 6.07) is 5.72. The Hall–Kier alpha value is -3.09. The average Bonchev–Trinajstić information content (AvgIpc) is 3.19. The monoisotopic (exact) mass is 423 g/mol. The van der Waals surface area contributed by atoms with Gasteiger partial charge in [-0.25, -0.2) is 4.79 Å². The molecule has 0 saturated heterocycles. The van der Waals surface area contributed by atoms with Gasteiger partial charge in [-0.1, -0.05) is 24.4 Å². The molecule has 31 heavy (non-hydrogen) atoms. The van der Waals surface area contributed by atoms with Crippen LogP contribution < -0.4 is 10.5 Å². The molecule has 1 aromatic carbocycles. The molecular weight excluding hydrogens is 394 g/mol. The van der Waals surface area contributed by atoms with E-state index in [-0.39, 0.29) is 6.61 Å². The summed E-state index contributed by atoms with van der Waals surface area (Å²) in [6.45, 7) is 6.31. The van der Waals surface area contributed by atoms with Gasteiger partial charge in [0.2, 0.25) is 0 Å². The molecule has 3 aromatic rings. The molecular formula is C24H29N3O4. The molecule has 0 spiro atoms. The highest BCUT2D eigenvalue weighted by atomic mass is 16.5. The lowest BCUT2D eigenvalue weighted by molar-refractivity contribution is 0.283. The third-order valence-corrected chi connectivity index (χ3v) is 6.37. The van der Waals surface area contributed by atoms with E-state index in [0.29, 0.717) is 23.9 Å². The molecule has 2 N–H and O–H groups in total. The molecule has 2 heterocycles. The summed E-state index contributed by atoms with van der Waals surface area (Å²) in [5.41, 5.74) is 6.34. The minimum absolute atomic E-state index is 0.134. The molecule has 0 radical (unpaired) electrons. The molecule has 0 amide bonds. The Morgan fingerprint density at radius 3 is 2.65 bits per heavy atom. The quantitative estimate of drug-likeness (QED) is 0.601. The second-order valence-electron chi connectivity index (χ2n) is 8.47. The van der Waals surface area contributed by atoms with Gasteiger partial charge in [0.05, 0.1) is 5.69 Å². The van der Waals surface area contributed by atoms with Crippen LogP contribution in [-0.4, -0.2) is 20.2 Å². The Kier molecular flexibility index (Phi) is 6.11. The van der Waals surface area contributed by atoms with Crippen molar-refractivity contribution in [1.82, 2.24) is 15.1 Å². The smallest absolute Gasteiger partial charge is 0.439 e. The van der Waals surface area contributed by atoms with Crippen molar-refractivity contribution in [2.24, 2.45) is 0 Å². The van der Waals surface area contributed by atoms with Crippen molar-refractivity contribution in [3.05, 3.63) is 68.2 Å². The van der Waals surface area contributed by atoms with Crippen molar-refractivity contribution in [3.63, 3.8) is 0 Å². The van der Waals surface area contributed by atoms with Gasteiger partial charge in [-0.3, -0.25) is 14.5 Å². The summed E-state index contributed by atoms with van der Waals surface area (Å²) in [7, 11) is 0. The van der Waals surface area contributed by atoms with E-state index in [1.54, 1.807) is 6.07 Å². The van der Waals surface area contributed by atoms with Crippen LogP contribution in [0.4, 0.5) is 0 Å². The van der Waals surface area contributed by atoms with Crippen molar-refractivity contribution in [2.45, 2.75) is 71.8 Å². The maximum absolute atomic E-state index is 11.1. The number of nitrogens with zero attached hydrogens (tertiary/aromatic N) is 2. The third-order valence-electron chi connectivity index (χ3n) is 6.37. The van der Waals surface area contributed by atoms with E-state index < -0.39 is 5.76 Å². The molecule has 1 aliphatic rings. The lowest BCUT2D eigenvalue weighted by atomic mass is 9.86. The zero-order valence-electron chi connectivity index (χ0n) is 18.3. The van der Waals surface area contributed by atoms with Gasteiger partial charge in [-0.05, 0) is 74.1 Å². The highest BCUT2D eigenvalue weighted by Crippen LogP contribution is 2.36. The number of ether oxygens (including phenoxy) is 1. The van der Waals surface area contributed by atoms with Crippen molar-refractivity contribution in [3.8, 4) is 11.5 Å². The van der Waals surface area contributed by atoms with Crippen LogP contribution in [0.3, 0.4) is 0 Å². The Bertz CT molecular complexity index is 1130. The molecule has 0 aliphatic heterocycles. The van der Waals surface area contributed by atoms with E-state index in [9.17, 15) is 9.90 Å². The number of aromatic nitrogens is 3. The fourth-order valence-corrected chi connectivity index (χ4v) is 4.46. The first-order valence-electron chi connectivity index (χ1n) is 10.9. The van der Waals surface area contributed by atoms with Gasteiger partial charge in [0.1, 0.15) is 18.1 Å². The van der Waals surface area contributed by atoms with Gasteiger partial charge in [0, 0.05) is 18.0 Å². The minimum Gasteiger partial charge on any atom is -0.506 e. The van der Waals surface area contributed by atoms with Crippen LogP contribution in [0.1, 0.15) is 77.5 Å². The number of H-pyrrole nitrogens is 1. The molecule has 1 fully saturated rings. The number of aryl methyl sites for hydroxylation is 1. The molecule has 2 aromatic heterocycles. The molecule has 1 saturated carbocycles. The number of pyridine rings is 1. The largest absolute Gasteiger partial charge is 0.506 e. The fraction of sp³-hybridized carbons (Fsp3) is 0.458. The van der Waals surface area contributed by atoms with Crippen LogP contribution >= 0.6 is 0 Å². The Balaban J connectivity index is 1.56. The van der Waals surface area contributed by atoms with E-state index in [0.717, 1.165) is 46.7 Å². The Labute approximate surface area is 181 Å². The van der Waals surface area contributed by atoms with Gasteiger partial charge in [0.25, 0.3) is 0 Å². The van der Waals surface area contributed by atoms with Crippen molar-refractivity contribution in [2.75, 3.05) is 0 Å². The summed E-state index contributed by atoms with van der Waals surface area (Å²) < 4.78 is 10.4. The van der Waals surface area contributed by atoms with Gasteiger partial charge < -0.3 is 9.84 Å². The molecule has 7 nitrogen and oxygen atoms in total. The zero-order chi connectivity index (χ0) is 22.0. The first-order valence-corrected chi connectivity index (χ1v) is 10.9. The maximum atomic E-state index is 11.1. The summed E-state index contributed by atoms with van der Waals surface area (Å²) in [5, 5.41) is 14.0. The summed E-state index contributed by atoms with van der Waals surface area (Å²) in [5.74, 6) is 1.19. The molecule has 0 unspecified atom stereocenters. The first-order chi connectivity index (χ1) is 14.9. The van der Waals surface area contributed by atoms with Gasteiger partial charge in [0.15, 0.2) is 5.82 Å². The summed E-state index contributed by atoms with van der Waals surface area (Å²) in [6.07, 6.45) is 6.59. The number of benzene rings is 1. The number of hydrogen-bond acceptors (Lipinski definition) is 6. The standard InChI is InChI=1S/C24H29N3O4/c1-14-11-21(30-13-22-26-24(29)31-27-22)16(3)15(2)19(14)12-18-9-10-20(28)23(25-18)17-7-5-4-6-8-17/h9-11,17,28H,4-8,12-13H2,1-3H3,(H,26,27,29). The topological polar surface area (TPSA) is 101 Å². The third kappa shape index (κ3) is 4.65. The molecule has 164 valence electrons. The summed E-state index contributed by atoms with van der Waals surface area (Å²) in [4.78, 5) is 18.4. The lowest BCUT2D eigenvalue weighted by Crippen LogP contribution is -2.09. The predicted molar refractivity (Wildman–Crippen MR) is 117 cm³/mol. The summed E-state index contributed by atoms with van der Waals surface area (Å²) >= 11 is 0. The minimum atomic E-state index is -0.591. The predicted octanol–water partition coefficient (Wildman–Crippen LogP) is 4.61. The molecule has 0 bridgehead atoms. The van der Waals surface area contributed by atoms with Gasteiger partial charge in [-0.2, -0.15) is 0 Å². The van der Waals surface area contributed by atoms with Crippen LogP contribution in [0.2, 0.25) is 0 Å². The first kappa shape index (κ1) is 21.2. The molecule has 7 heteroatoms. The maximum Gasteiger partial charge on any atom is 0.439 e. The number of nitrogens with one attached hydrogen (secondary N) is 1. The molecule has 0 atom stereocenters. The van der Waals surface area contributed by atoms with Crippen LogP contribution in [0, 0.1) is 20.8 Å². The van der Waals surface area contributed by atoms with E-state index in [2.05, 4.69) is 28.5 Å². The Morgan fingerprint density at radius 1 is 1.16 bits per heavy atom. The van der Waals surface area contributed by atoms with Gasteiger partial charge >= 0.3 is 5.76 Å². The highest BCUT2D eigenvalue weighted by molar-refractivity contribution is 5.49. The SMILES string of the molecule is Cc1cc(OCc2noc(=O)[nH]2)c(C)c(C)c1Cc1ccc(O)c(C2CCCCC2)n1. The molecule has 4 rings (SSSR count). The van der Waals surface area contributed by atoms with E-state index in [1.165, 1.54) is 24.8 Å². The van der Waals surface area contributed by atoms with Crippen LogP contribution in [0.15, 0.2) is 27.5 Å². The Morgan fingerprint density at radius 2 is 1.94 bits per heavy atom. The highest BCUT2D eigenvalue weighted by Gasteiger charge is 2.21. The number of aromatic hydroxyl groups is 1. The number of rotatable bonds is 6. The number of hydrogen-bond donors (Lipinski definition) is 2. The van der Waals surface area contributed by atoms with E-state index in [1.807, 2.05) is 19.1 Å². The van der Waals surface area contributed by atoms with E-state index >= 15 is 0 Å². The second kappa shape index (κ2) is 8.96. The van der Waals surface area contributed by atoms with Crippen LogP contribution in [0.25, 0.3) is 0 Å². The second-order valence-corrected chi connectivity index (χ2v) is 8.47. The van der Waals surface area contributed by atoms with Crippen LogP contribution in [0.5, 0.6) is 11.5 Å². The molecule has 1 aliphatic carbocycles. The number of aromatic amines is 1. The zero-order valence-corrected chi connectivity index (χ0v) is 18.3. The van der Waals surface area contributed by atoms with Gasteiger partial charge in [-0.15, -0.1) is 0 Å². The van der Waals surface area contributed by atoms with Crippen LogP contribution in [-0.2, 0) is 13.0 Å². The lowest BCUT2D eigenvalue weighted by Gasteiger charge is -2.22. The van der Waals surface area contributed by atoms with Crippen molar-refractivity contribution < 1.29 is 14.4 Å². The normalized spacial score (nSPS) is 14.7. The van der Waals surface area contributed by atoms with E-state index in [4.69, 9.17) is 9.72 Å². The fourth-order valence-electron chi connectivity index (χ4n) is 4.46. The average molecular weight is 424 g/mol.